The summed E-state index contributed by atoms with van der Waals surface area (Å²) in [4.78, 5) is 0. The zero-order valence-corrected chi connectivity index (χ0v) is 19.2. The van der Waals surface area contributed by atoms with Crippen LogP contribution in [0.15, 0.2) is 64.6 Å². The Labute approximate surface area is 188 Å². The molecule has 0 unspecified atom stereocenters. The van der Waals surface area contributed by atoms with E-state index in [0.29, 0.717) is 5.92 Å². The van der Waals surface area contributed by atoms with Crippen molar-refractivity contribution < 1.29 is 0 Å². The van der Waals surface area contributed by atoms with Crippen LogP contribution in [0.2, 0.25) is 0 Å². The van der Waals surface area contributed by atoms with Crippen molar-refractivity contribution in [3.05, 3.63) is 98.0 Å². The largest absolute Gasteiger partial charge is 0.0651 e. The molecule has 0 radical (unpaired) electrons. The Morgan fingerprint density at radius 3 is 2.13 bits per heavy atom. The van der Waals surface area contributed by atoms with Gasteiger partial charge in [0.25, 0.3) is 0 Å². The molecule has 0 aromatic heterocycles. The predicted octanol–water partition coefficient (Wildman–Crippen LogP) is 8.25. The molecule has 3 aromatic rings. The second-order valence-corrected chi connectivity index (χ2v) is 10.1. The van der Waals surface area contributed by atoms with E-state index in [1.54, 1.807) is 33.4 Å². The van der Waals surface area contributed by atoms with Gasteiger partial charge in [0.1, 0.15) is 0 Å². The molecule has 0 saturated carbocycles. The third-order valence-corrected chi connectivity index (χ3v) is 8.35. The van der Waals surface area contributed by atoms with Crippen LogP contribution in [0.4, 0.5) is 0 Å². The van der Waals surface area contributed by atoms with Gasteiger partial charge in [-0.05, 0) is 108 Å². The molecule has 0 spiro atoms. The molecule has 0 heterocycles. The van der Waals surface area contributed by atoms with Crippen LogP contribution in [-0.4, -0.2) is 0 Å². The van der Waals surface area contributed by atoms with E-state index < -0.39 is 0 Å². The van der Waals surface area contributed by atoms with E-state index in [1.807, 2.05) is 0 Å². The SMILES string of the molecule is CC1=C(CCC2c3ccccc3-c3ccccc32)c2cc(Br)c3c(c2C1)CCCC3. The highest BCUT2D eigenvalue weighted by atomic mass is 79.9. The van der Waals surface area contributed by atoms with Gasteiger partial charge in [-0.1, -0.05) is 70.0 Å². The lowest BCUT2D eigenvalue weighted by molar-refractivity contribution is 0.677. The maximum atomic E-state index is 3.92. The topological polar surface area (TPSA) is 0 Å². The van der Waals surface area contributed by atoms with Gasteiger partial charge in [-0.3, -0.25) is 0 Å². The van der Waals surface area contributed by atoms with Crippen molar-refractivity contribution in [2.24, 2.45) is 0 Å². The van der Waals surface area contributed by atoms with Gasteiger partial charge in [0, 0.05) is 10.4 Å². The van der Waals surface area contributed by atoms with Crippen molar-refractivity contribution in [1.82, 2.24) is 0 Å². The summed E-state index contributed by atoms with van der Waals surface area (Å²) < 4.78 is 1.35. The van der Waals surface area contributed by atoms with Crippen molar-refractivity contribution in [2.45, 2.75) is 57.8 Å². The van der Waals surface area contributed by atoms with Gasteiger partial charge in [0.2, 0.25) is 0 Å². The molecule has 3 aliphatic carbocycles. The zero-order chi connectivity index (χ0) is 20.2. The highest BCUT2D eigenvalue weighted by molar-refractivity contribution is 9.10. The number of fused-ring (bicyclic) bond motifs is 6. The predicted molar refractivity (Wildman–Crippen MR) is 130 cm³/mol. The van der Waals surface area contributed by atoms with Gasteiger partial charge in [-0.25, -0.2) is 0 Å². The average molecular weight is 455 g/mol. The number of allylic oxidation sites excluding steroid dienone is 2. The van der Waals surface area contributed by atoms with Crippen LogP contribution in [0.1, 0.15) is 71.9 Å². The van der Waals surface area contributed by atoms with Gasteiger partial charge in [0.15, 0.2) is 0 Å². The van der Waals surface area contributed by atoms with Crippen LogP contribution in [0.5, 0.6) is 0 Å². The Balaban J connectivity index is 1.35. The molecular weight excluding hydrogens is 428 g/mol. The second kappa shape index (κ2) is 7.24. The van der Waals surface area contributed by atoms with Crippen molar-refractivity contribution in [3.63, 3.8) is 0 Å². The summed E-state index contributed by atoms with van der Waals surface area (Å²) in [7, 11) is 0. The number of hydrogen-bond acceptors (Lipinski definition) is 0. The molecule has 0 atom stereocenters. The van der Waals surface area contributed by atoms with E-state index >= 15 is 0 Å². The van der Waals surface area contributed by atoms with Crippen molar-refractivity contribution in [3.8, 4) is 11.1 Å². The molecule has 3 aromatic carbocycles. The molecule has 30 heavy (non-hydrogen) atoms. The summed E-state index contributed by atoms with van der Waals surface area (Å²) in [6.45, 7) is 2.37. The number of hydrogen-bond donors (Lipinski definition) is 0. The lowest BCUT2D eigenvalue weighted by Crippen LogP contribution is -2.08. The summed E-state index contributed by atoms with van der Waals surface area (Å²) in [6, 6.07) is 20.5. The monoisotopic (exact) mass is 454 g/mol. The number of rotatable bonds is 3. The van der Waals surface area contributed by atoms with E-state index in [0.717, 1.165) is 12.8 Å². The molecule has 0 fully saturated rings. The molecular formula is C29H27Br. The van der Waals surface area contributed by atoms with Gasteiger partial charge in [-0.2, -0.15) is 0 Å². The Kier molecular flexibility index (Phi) is 4.49. The number of halogens is 1. The first kappa shape index (κ1) is 18.6. The molecule has 0 N–H and O–H groups in total. The Hall–Kier alpha value is -2.12. The van der Waals surface area contributed by atoms with Crippen LogP contribution < -0.4 is 0 Å². The minimum atomic E-state index is 0.516. The van der Waals surface area contributed by atoms with Crippen molar-refractivity contribution >= 4 is 21.5 Å². The maximum absolute atomic E-state index is 3.92. The first-order valence-corrected chi connectivity index (χ1v) is 12.2. The first-order valence-electron chi connectivity index (χ1n) is 11.4. The van der Waals surface area contributed by atoms with E-state index in [-0.39, 0.29) is 0 Å². The van der Waals surface area contributed by atoms with E-state index in [9.17, 15) is 0 Å². The molecule has 6 rings (SSSR count). The average Bonchev–Trinajstić information content (AvgIpc) is 3.27. The molecule has 0 aliphatic heterocycles. The van der Waals surface area contributed by atoms with Gasteiger partial charge in [-0.15, -0.1) is 0 Å². The summed E-state index contributed by atoms with van der Waals surface area (Å²) in [6.07, 6.45) is 8.71. The lowest BCUT2D eigenvalue weighted by Gasteiger charge is -2.22. The van der Waals surface area contributed by atoms with E-state index in [2.05, 4.69) is 77.5 Å². The highest BCUT2D eigenvalue weighted by Gasteiger charge is 2.30. The number of benzene rings is 3. The Bertz CT molecular complexity index is 1150. The quantitative estimate of drug-likeness (QED) is 0.373. The minimum Gasteiger partial charge on any atom is -0.0651 e. The van der Waals surface area contributed by atoms with E-state index in [1.165, 1.54) is 58.8 Å². The van der Waals surface area contributed by atoms with Gasteiger partial charge in [0.05, 0.1) is 0 Å². The third-order valence-electron chi connectivity index (χ3n) is 7.64. The van der Waals surface area contributed by atoms with Crippen LogP contribution >= 0.6 is 15.9 Å². The third kappa shape index (κ3) is 2.78. The van der Waals surface area contributed by atoms with E-state index in [4.69, 9.17) is 0 Å². The van der Waals surface area contributed by atoms with Crippen molar-refractivity contribution in [2.75, 3.05) is 0 Å². The van der Waals surface area contributed by atoms with Crippen LogP contribution in [0, 0.1) is 0 Å². The summed E-state index contributed by atoms with van der Waals surface area (Å²) in [5.41, 5.74) is 15.6. The smallest absolute Gasteiger partial charge is 0.0216 e. The van der Waals surface area contributed by atoms with Crippen LogP contribution in [0.25, 0.3) is 16.7 Å². The fourth-order valence-corrected chi connectivity index (χ4v) is 6.91. The zero-order valence-electron chi connectivity index (χ0n) is 17.6. The Morgan fingerprint density at radius 2 is 1.43 bits per heavy atom. The molecule has 150 valence electrons. The summed E-state index contributed by atoms with van der Waals surface area (Å²) >= 11 is 3.92. The summed E-state index contributed by atoms with van der Waals surface area (Å²) in [5.74, 6) is 0.516. The fraction of sp³-hybridized carbons (Fsp3) is 0.310. The lowest BCUT2D eigenvalue weighted by atomic mass is 9.84. The minimum absolute atomic E-state index is 0.516. The highest BCUT2D eigenvalue weighted by Crippen LogP contribution is 2.49. The first-order chi connectivity index (χ1) is 14.7. The van der Waals surface area contributed by atoms with Gasteiger partial charge < -0.3 is 0 Å². The molecule has 0 amide bonds. The summed E-state index contributed by atoms with van der Waals surface area (Å²) in [5, 5.41) is 0. The van der Waals surface area contributed by atoms with Crippen LogP contribution in [0.3, 0.4) is 0 Å². The molecule has 0 saturated heterocycles. The van der Waals surface area contributed by atoms with Gasteiger partial charge >= 0.3 is 0 Å². The maximum Gasteiger partial charge on any atom is 0.0216 e. The second-order valence-electron chi connectivity index (χ2n) is 9.25. The molecule has 0 nitrogen and oxygen atoms in total. The Morgan fingerprint density at radius 1 is 0.800 bits per heavy atom. The fourth-order valence-electron chi connectivity index (χ4n) is 6.25. The van der Waals surface area contributed by atoms with Crippen LogP contribution in [-0.2, 0) is 19.3 Å². The molecule has 0 bridgehead atoms. The molecule has 1 heteroatoms. The standard InChI is InChI=1S/C29H27Br/c1-18-16-27-24-12-6-7-13-26(24)29(30)17-28(27)19(18)14-15-25-22-10-4-2-8-20(22)21-9-3-5-11-23(21)25/h2-5,8-11,17,25H,6-7,12-16H2,1H3. The normalized spacial score (nSPS) is 17.0. The van der Waals surface area contributed by atoms with Crippen molar-refractivity contribution in [1.29, 1.82) is 0 Å². The molecule has 3 aliphatic rings.